The molecule has 0 spiro atoms. The smallest absolute Gasteiger partial charge is 0.0202 e. The van der Waals surface area contributed by atoms with E-state index in [0.717, 1.165) is 24.0 Å². The highest BCUT2D eigenvalue weighted by atomic mass is 31.0. The van der Waals surface area contributed by atoms with Gasteiger partial charge in [-0.25, -0.2) is 0 Å². The normalized spacial score (nSPS) is 13.5. The summed E-state index contributed by atoms with van der Waals surface area (Å²) in [5.41, 5.74) is 4.79. The fourth-order valence-corrected chi connectivity index (χ4v) is 1.79. The molecule has 0 aromatic rings. The molecule has 0 aliphatic rings. The van der Waals surface area contributed by atoms with Crippen LogP contribution < -0.4 is 0 Å². The van der Waals surface area contributed by atoms with Gasteiger partial charge < -0.3 is 0 Å². The second-order valence-corrected chi connectivity index (χ2v) is 4.37. The van der Waals surface area contributed by atoms with Crippen LogP contribution >= 0.6 is 9.24 Å². The highest BCUT2D eigenvalue weighted by Crippen LogP contribution is 2.30. The minimum absolute atomic E-state index is 1.04. The van der Waals surface area contributed by atoms with E-state index < -0.39 is 0 Å². The maximum Gasteiger partial charge on any atom is -0.0202 e. The quantitative estimate of drug-likeness (QED) is 0.453. The molecule has 15 heavy (non-hydrogen) atoms. The molecule has 0 nitrogen and oxygen atoms in total. The van der Waals surface area contributed by atoms with Gasteiger partial charge in [-0.15, -0.1) is 9.24 Å². The third-order valence-corrected chi connectivity index (χ3v) is 3.37. The maximum atomic E-state index is 4.16. The molecule has 0 saturated heterocycles. The molecular formula is C14H23P. The van der Waals surface area contributed by atoms with Crippen molar-refractivity contribution in [3.63, 3.8) is 0 Å². The Bertz CT molecular complexity index is 316. The fraction of sp³-hybridized carbons (Fsp3) is 0.429. The monoisotopic (exact) mass is 222 g/mol. The van der Waals surface area contributed by atoms with Crippen LogP contribution in [-0.2, 0) is 0 Å². The van der Waals surface area contributed by atoms with Crippen LogP contribution in [0, 0.1) is 0 Å². The van der Waals surface area contributed by atoms with Gasteiger partial charge in [-0.1, -0.05) is 38.7 Å². The van der Waals surface area contributed by atoms with E-state index in [1.807, 2.05) is 6.92 Å². The zero-order valence-corrected chi connectivity index (χ0v) is 11.6. The maximum absolute atomic E-state index is 4.16. The molecule has 0 N–H and O–H groups in total. The highest BCUT2D eigenvalue weighted by Gasteiger charge is 2.06. The van der Waals surface area contributed by atoms with E-state index in [0.29, 0.717) is 0 Å². The molecule has 0 rings (SSSR count). The molecule has 0 radical (unpaired) electrons. The van der Waals surface area contributed by atoms with Gasteiger partial charge in [0.25, 0.3) is 0 Å². The van der Waals surface area contributed by atoms with E-state index in [4.69, 9.17) is 0 Å². The average molecular weight is 222 g/mol. The molecule has 0 amide bonds. The van der Waals surface area contributed by atoms with Crippen molar-refractivity contribution in [2.45, 2.75) is 40.5 Å². The Morgan fingerprint density at radius 3 is 2.07 bits per heavy atom. The molecule has 0 aromatic carbocycles. The number of hydrogen-bond acceptors (Lipinski definition) is 0. The first-order valence-electron chi connectivity index (χ1n) is 5.46. The van der Waals surface area contributed by atoms with Crippen LogP contribution in [0.4, 0.5) is 0 Å². The molecule has 0 fully saturated rings. The third kappa shape index (κ3) is 4.18. The van der Waals surface area contributed by atoms with Crippen LogP contribution in [0.2, 0.25) is 0 Å². The number of rotatable bonds is 5. The van der Waals surface area contributed by atoms with Gasteiger partial charge in [0.1, 0.15) is 0 Å². The first-order chi connectivity index (χ1) is 6.95. The largest absolute Gasteiger partial charge is 0.105 e. The lowest BCUT2D eigenvalue weighted by Crippen LogP contribution is -1.91. The van der Waals surface area contributed by atoms with E-state index in [1.54, 1.807) is 0 Å². The molecule has 0 bridgehead atoms. The van der Waals surface area contributed by atoms with Crippen molar-refractivity contribution in [1.29, 1.82) is 0 Å². The lowest BCUT2D eigenvalue weighted by atomic mass is 9.99. The van der Waals surface area contributed by atoms with Gasteiger partial charge in [-0.05, 0) is 48.7 Å². The van der Waals surface area contributed by atoms with Crippen molar-refractivity contribution < 1.29 is 0 Å². The molecule has 1 unspecified atom stereocenters. The van der Waals surface area contributed by atoms with Crippen molar-refractivity contribution in [2.75, 3.05) is 0 Å². The summed E-state index contributed by atoms with van der Waals surface area (Å²) < 4.78 is 0. The summed E-state index contributed by atoms with van der Waals surface area (Å²) in [6.45, 7) is 16.6. The van der Waals surface area contributed by atoms with Gasteiger partial charge in [0.2, 0.25) is 0 Å². The van der Waals surface area contributed by atoms with Crippen LogP contribution in [0.3, 0.4) is 0 Å². The Labute approximate surface area is 97.1 Å². The molecule has 0 aliphatic heterocycles. The Morgan fingerprint density at radius 1 is 1.20 bits per heavy atom. The summed E-state index contributed by atoms with van der Waals surface area (Å²) in [6.07, 6.45) is 4.35. The van der Waals surface area contributed by atoms with E-state index in [9.17, 15) is 0 Å². The Balaban J connectivity index is 5.09. The predicted molar refractivity (Wildman–Crippen MR) is 75.0 cm³/mol. The van der Waals surface area contributed by atoms with Gasteiger partial charge >= 0.3 is 0 Å². The second-order valence-electron chi connectivity index (χ2n) is 3.79. The van der Waals surface area contributed by atoms with E-state index in [-0.39, 0.29) is 0 Å². The lowest BCUT2D eigenvalue weighted by Gasteiger charge is -2.13. The highest BCUT2D eigenvalue weighted by molar-refractivity contribution is 7.23. The first-order valence-corrected chi connectivity index (χ1v) is 6.04. The topological polar surface area (TPSA) is 0 Å². The Kier molecular flexibility index (Phi) is 6.52. The van der Waals surface area contributed by atoms with E-state index in [1.165, 1.54) is 16.5 Å². The minimum Gasteiger partial charge on any atom is -0.105 e. The number of allylic oxidation sites excluding steroid dienone is 6. The van der Waals surface area contributed by atoms with Gasteiger partial charge in [-0.3, -0.25) is 0 Å². The standard InChI is InChI=1S/C14H23P/c1-7-9-13(8-2)12(6)14(15)11(5)10(3)4/h9H,3,6-8,15H2,1-2,4-5H3/b13-9-,14-11-. The molecule has 1 atom stereocenters. The van der Waals surface area contributed by atoms with Gasteiger partial charge in [0.15, 0.2) is 0 Å². The van der Waals surface area contributed by atoms with Crippen molar-refractivity contribution in [2.24, 2.45) is 0 Å². The summed E-state index contributed by atoms with van der Waals surface area (Å²) >= 11 is 0. The Hall–Kier alpha value is -0.610. The van der Waals surface area contributed by atoms with E-state index >= 15 is 0 Å². The predicted octanol–water partition coefficient (Wildman–Crippen LogP) is 5.01. The summed E-state index contributed by atoms with van der Waals surface area (Å²) in [6, 6.07) is 0. The van der Waals surface area contributed by atoms with Crippen LogP contribution in [0.15, 0.2) is 46.8 Å². The number of hydrogen-bond donors (Lipinski definition) is 0. The summed E-state index contributed by atoms with van der Waals surface area (Å²) in [5, 5.41) is 1.18. The van der Waals surface area contributed by atoms with Crippen LogP contribution in [0.1, 0.15) is 40.5 Å². The average Bonchev–Trinajstić information content (AvgIpc) is 2.22. The summed E-state index contributed by atoms with van der Waals surface area (Å²) in [4.78, 5) is 0. The van der Waals surface area contributed by atoms with Crippen LogP contribution in [0.5, 0.6) is 0 Å². The molecule has 1 heteroatoms. The van der Waals surface area contributed by atoms with Crippen molar-refractivity contribution in [1.82, 2.24) is 0 Å². The first kappa shape index (κ1) is 14.4. The molecular weight excluding hydrogens is 199 g/mol. The van der Waals surface area contributed by atoms with E-state index in [2.05, 4.69) is 49.2 Å². The Morgan fingerprint density at radius 2 is 1.73 bits per heavy atom. The summed E-state index contributed by atoms with van der Waals surface area (Å²) in [7, 11) is 2.78. The SMILES string of the molecule is C=C(C)/C(C)=C(\P)C(=C)/C(=C\CC)CC. The second kappa shape index (κ2) is 6.80. The minimum atomic E-state index is 1.04. The zero-order valence-electron chi connectivity index (χ0n) is 10.5. The van der Waals surface area contributed by atoms with Crippen molar-refractivity contribution in [3.8, 4) is 0 Å². The van der Waals surface area contributed by atoms with Crippen LogP contribution in [-0.4, -0.2) is 0 Å². The van der Waals surface area contributed by atoms with Crippen LogP contribution in [0.25, 0.3) is 0 Å². The summed E-state index contributed by atoms with van der Waals surface area (Å²) in [5.74, 6) is 0. The van der Waals surface area contributed by atoms with Gasteiger partial charge in [0.05, 0.1) is 0 Å². The molecule has 0 saturated carbocycles. The van der Waals surface area contributed by atoms with Gasteiger partial charge in [-0.2, -0.15) is 0 Å². The molecule has 0 aliphatic carbocycles. The van der Waals surface area contributed by atoms with Gasteiger partial charge in [0, 0.05) is 0 Å². The molecule has 84 valence electrons. The fourth-order valence-electron chi connectivity index (χ4n) is 1.36. The van der Waals surface area contributed by atoms with Crippen molar-refractivity contribution in [3.05, 3.63) is 46.8 Å². The van der Waals surface area contributed by atoms with Crippen molar-refractivity contribution >= 4 is 9.24 Å². The lowest BCUT2D eigenvalue weighted by molar-refractivity contribution is 1.08. The molecule has 0 aromatic heterocycles. The third-order valence-electron chi connectivity index (χ3n) is 2.59. The molecule has 0 heterocycles. The zero-order chi connectivity index (χ0) is 12.0.